The monoisotopic (exact) mass is 151 g/mol. The Kier molecular flexibility index (Phi) is 1.35. The molecule has 0 aliphatic carbocycles. The van der Waals surface area contributed by atoms with Crippen molar-refractivity contribution in [2.45, 2.75) is 6.92 Å². The molecule has 0 saturated heterocycles. The van der Waals surface area contributed by atoms with Gasteiger partial charge in [-0.05, 0) is 6.92 Å². The number of hydrogen-bond donors (Lipinski definition) is 0. The minimum atomic E-state index is 0.662. The van der Waals surface area contributed by atoms with E-state index in [0.29, 0.717) is 6.61 Å². The first kappa shape index (κ1) is 6.34. The van der Waals surface area contributed by atoms with E-state index in [1.165, 1.54) is 0 Å². The maximum Gasteiger partial charge on any atom is 0.155 e. The van der Waals surface area contributed by atoms with Crippen LogP contribution < -0.4 is 4.84 Å². The van der Waals surface area contributed by atoms with Crippen LogP contribution in [0.2, 0.25) is 0 Å². The Hall–Kier alpha value is -1.38. The van der Waals surface area contributed by atoms with Crippen molar-refractivity contribution >= 4 is 11.1 Å². The zero-order chi connectivity index (χ0) is 7.68. The van der Waals surface area contributed by atoms with Crippen LogP contribution in [0.15, 0.2) is 29.0 Å². The molecule has 0 radical (unpaired) electrons. The second kappa shape index (κ2) is 2.34. The van der Waals surface area contributed by atoms with Crippen LogP contribution in [0.1, 0.15) is 6.92 Å². The fourth-order valence-corrected chi connectivity index (χ4v) is 1.09. The van der Waals surface area contributed by atoms with Crippen molar-refractivity contribution in [1.29, 1.82) is 0 Å². The molecule has 3 heteroatoms. The van der Waals surface area contributed by atoms with Crippen LogP contribution in [-0.4, -0.2) is 11.3 Å². The first-order valence-corrected chi connectivity index (χ1v) is 3.59. The van der Waals surface area contributed by atoms with Gasteiger partial charge in [-0.15, -0.1) is 0 Å². The van der Waals surface area contributed by atoms with E-state index in [1.807, 2.05) is 25.3 Å². The van der Waals surface area contributed by atoms with Gasteiger partial charge in [0.05, 0.1) is 6.26 Å². The Morgan fingerprint density at radius 1 is 1.55 bits per heavy atom. The maximum absolute atomic E-state index is 5.27. The zero-order valence-corrected chi connectivity index (χ0v) is 6.28. The van der Waals surface area contributed by atoms with Gasteiger partial charge in [-0.2, -0.15) is 4.73 Å². The summed E-state index contributed by atoms with van der Waals surface area (Å²) in [6.07, 6.45) is 3.50. The third-order valence-electron chi connectivity index (χ3n) is 1.54. The molecule has 0 fully saturated rings. The molecule has 0 N–H and O–H groups in total. The molecule has 0 unspecified atom stereocenters. The van der Waals surface area contributed by atoms with Crippen LogP contribution >= 0.6 is 0 Å². The van der Waals surface area contributed by atoms with E-state index in [0.717, 1.165) is 11.1 Å². The van der Waals surface area contributed by atoms with Gasteiger partial charge in [0.2, 0.25) is 0 Å². The standard InChI is InChI=1S/C8H9NO2/c1-2-11-9-5-3-8-7(9)4-6-10-8/h3-6H,2H2,1H3. The van der Waals surface area contributed by atoms with Gasteiger partial charge < -0.3 is 9.25 Å². The largest absolute Gasteiger partial charge is 0.463 e. The average molecular weight is 151 g/mol. The van der Waals surface area contributed by atoms with E-state index in [9.17, 15) is 0 Å². The highest BCUT2D eigenvalue weighted by molar-refractivity contribution is 5.73. The Morgan fingerprint density at radius 2 is 2.45 bits per heavy atom. The summed E-state index contributed by atoms with van der Waals surface area (Å²) in [6, 6.07) is 3.76. The van der Waals surface area contributed by atoms with Crippen molar-refractivity contribution in [1.82, 2.24) is 4.73 Å². The van der Waals surface area contributed by atoms with Gasteiger partial charge in [-0.25, -0.2) is 0 Å². The second-order valence-electron chi connectivity index (χ2n) is 2.23. The highest BCUT2D eigenvalue weighted by Gasteiger charge is 2.01. The number of furan rings is 1. The molecule has 2 aromatic heterocycles. The Balaban J connectivity index is 2.51. The van der Waals surface area contributed by atoms with E-state index in [1.54, 1.807) is 11.0 Å². The lowest BCUT2D eigenvalue weighted by Crippen LogP contribution is -2.07. The Morgan fingerprint density at radius 3 is 3.27 bits per heavy atom. The smallest absolute Gasteiger partial charge is 0.155 e. The van der Waals surface area contributed by atoms with Crippen LogP contribution in [0.5, 0.6) is 0 Å². The highest BCUT2D eigenvalue weighted by Crippen LogP contribution is 2.14. The number of fused-ring (bicyclic) bond motifs is 1. The SMILES string of the molecule is CCOn1ccc2occc21. The number of aromatic nitrogens is 1. The Bertz CT molecular complexity index is 347. The predicted octanol–water partition coefficient (Wildman–Crippen LogP) is 1.68. The molecule has 0 spiro atoms. The summed E-state index contributed by atoms with van der Waals surface area (Å²) < 4.78 is 6.85. The average Bonchev–Trinajstić information content (AvgIpc) is 2.53. The molecule has 3 nitrogen and oxygen atoms in total. The van der Waals surface area contributed by atoms with Gasteiger partial charge in [0.1, 0.15) is 12.1 Å². The van der Waals surface area contributed by atoms with Gasteiger partial charge in [-0.1, -0.05) is 0 Å². The minimum absolute atomic E-state index is 0.662. The summed E-state index contributed by atoms with van der Waals surface area (Å²) >= 11 is 0. The molecule has 0 amide bonds. The fraction of sp³-hybridized carbons (Fsp3) is 0.250. The minimum Gasteiger partial charge on any atom is -0.463 e. The lowest BCUT2D eigenvalue weighted by Gasteiger charge is -2.01. The van der Waals surface area contributed by atoms with Crippen LogP contribution in [0.3, 0.4) is 0 Å². The quantitative estimate of drug-likeness (QED) is 0.653. The first-order chi connectivity index (χ1) is 5.42. The molecule has 2 heterocycles. The normalized spacial score (nSPS) is 10.6. The predicted molar refractivity (Wildman–Crippen MR) is 41.3 cm³/mol. The van der Waals surface area contributed by atoms with Crippen molar-refractivity contribution in [2.24, 2.45) is 0 Å². The van der Waals surface area contributed by atoms with E-state index in [-0.39, 0.29) is 0 Å². The van der Waals surface area contributed by atoms with Gasteiger partial charge in [0.15, 0.2) is 5.58 Å². The van der Waals surface area contributed by atoms with Crippen LogP contribution in [0.4, 0.5) is 0 Å². The molecule has 0 aliphatic rings. The summed E-state index contributed by atoms with van der Waals surface area (Å²) in [7, 11) is 0. The van der Waals surface area contributed by atoms with Gasteiger partial charge >= 0.3 is 0 Å². The molecule has 0 atom stereocenters. The molecule has 0 aromatic carbocycles. The van der Waals surface area contributed by atoms with E-state index >= 15 is 0 Å². The molecule has 2 rings (SSSR count). The molecular weight excluding hydrogens is 142 g/mol. The number of nitrogens with zero attached hydrogens (tertiary/aromatic N) is 1. The Labute approximate surface area is 64.1 Å². The lowest BCUT2D eigenvalue weighted by molar-refractivity contribution is 0.132. The molecule has 58 valence electrons. The van der Waals surface area contributed by atoms with Gasteiger partial charge in [0, 0.05) is 18.3 Å². The van der Waals surface area contributed by atoms with Crippen LogP contribution in [0.25, 0.3) is 11.1 Å². The zero-order valence-electron chi connectivity index (χ0n) is 6.28. The summed E-state index contributed by atoms with van der Waals surface area (Å²) in [5.41, 5.74) is 1.84. The summed E-state index contributed by atoms with van der Waals surface area (Å²) in [5, 5.41) is 0. The van der Waals surface area contributed by atoms with Crippen molar-refractivity contribution in [3.8, 4) is 0 Å². The summed E-state index contributed by atoms with van der Waals surface area (Å²) in [4.78, 5) is 5.27. The highest BCUT2D eigenvalue weighted by atomic mass is 16.7. The fourth-order valence-electron chi connectivity index (χ4n) is 1.09. The van der Waals surface area contributed by atoms with Crippen molar-refractivity contribution in [2.75, 3.05) is 6.61 Å². The van der Waals surface area contributed by atoms with E-state index in [4.69, 9.17) is 9.25 Å². The topological polar surface area (TPSA) is 27.3 Å². The third-order valence-corrected chi connectivity index (χ3v) is 1.54. The first-order valence-electron chi connectivity index (χ1n) is 3.59. The van der Waals surface area contributed by atoms with Crippen molar-refractivity contribution in [3.63, 3.8) is 0 Å². The lowest BCUT2D eigenvalue weighted by atomic mass is 10.5. The molecular formula is C8H9NO2. The third kappa shape index (κ3) is 0.888. The van der Waals surface area contributed by atoms with E-state index in [2.05, 4.69) is 0 Å². The van der Waals surface area contributed by atoms with Crippen molar-refractivity contribution in [3.05, 3.63) is 24.6 Å². The summed E-state index contributed by atoms with van der Waals surface area (Å²) in [6.45, 7) is 2.61. The van der Waals surface area contributed by atoms with Gasteiger partial charge in [-0.3, -0.25) is 0 Å². The molecule has 0 aliphatic heterocycles. The maximum atomic E-state index is 5.27. The van der Waals surface area contributed by atoms with Crippen LogP contribution in [-0.2, 0) is 0 Å². The molecule has 11 heavy (non-hydrogen) atoms. The number of hydrogen-bond acceptors (Lipinski definition) is 2. The molecule has 0 saturated carbocycles. The molecule has 2 aromatic rings. The van der Waals surface area contributed by atoms with Crippen molar-refractivity contribution < 1.29 is 9.25 Å². The summed E-state index contributed by atoms with van der Waals surface area (Å²) in [5.74, 6) is 0. The molecule has 0 bridgehead atoms. The number of rotatable bonds is 2. The second-order valence-corrected chi connectivity index (χ2v) is 2.23. The van der Waals surface area contributed by atoms with E-state index < -0.39 is 0 Å². The van der Waals surface area contributed by atoms with Gasteiger partial charge in [0.25, 0.3) is 0 Å². The van der Waals surface area contributed by atoms with Crippen LogP contribution in [0, 0.1) is 0 Å².